The second-order valence-corrected chi connectivity index (χ2v) is 7.78. The number of nitrogens with zero attached hydrogens (tertiary/aromatic N) is 2. The van der Waals surface area contributed by atoms with Crippen LogP contribution in [0, 0.1) is 0 Å². The number of carbonyl (C=O) groups excluding carboxylic acids is 2. The number of aromatic nitrogens is 2. The van der Waals surface area contributed by atoms with Crippen LogP contribution >= 0.6 is 11.3 Å². The van der Waals surface area contributed by atoms with Gasteiger partial charge in [0.05, 0.1) is 11.3 Å². The summed E-state index contributed by atoms with van der Waals surface area (Å²) < 4.78 is 6.99. The monoisotopic (exact) mass is 397 g/mol. The summed E-state index contributed by atoms with van der Waals surface area (Å²) in [5.41, 5.74) is 2.35. The number of carbonyl (C=O) groups is 2. The minimum absolute atomic E-state index is 0.0689. The van der Waals surface area contributed by atoms with Gasteiger partial charge < -0.3 is 10.1 Å². The number of benzene rings is 1. The molecule has 0 bridgehead atoms. The Kier molecular flexibility index (Phi) is 4.95. The van der Waals surface area contributed by atoms with E-state index < -0.39 is 5.97 Å². The molecule has 0 fully saturated rings. The average molecular weight is 397 g/mol. The third-order valence-electron chi connectivity index (χ3n) is 4.61. The van der Waals surface area contributed by atoms with E-state index in [0.717, 1.165) is 31.4 Å². The van der Waals surface area contributed by atoms with Crippen LogP contribution in [0.15, 0.2) is 35.1 Å². The van der Waals surface area contributed by atoms with Crippen molar-refractivity contribution < 1.29 is 14.3 Å². The number of hydrogen-bond donors (Lipinski definition) is 1. The maximum absolute atomic E-state index is 12.5. The summed E-state index contributed by atoms with van der Waals surface area (Å²) >= 11 is 1.54. The Morgan fingerprint density at radius 3 is 2.71 bits per heavy atom. The van der Waals surface area contributed by atoms with Gasteiger partial charge in [-0.1, -0.05) is 0 Å². The SMILES string of the molecule is CC(=O)Nc1ccc(C(=O)OCc2cc(=O)n3c4c(sc3n2)CCCC4)cc1. The predicted molar refractivity (Wildman–Crippen MR) is 106 cm³/mol. The minimum Gasteiger partial charge on any atom is -0.456 e. The van der Waals surface area contributed by atoms with Gasteiger partial charge in [-0.25, -0.2) is 9.78 Å². The van der Waals surface area contributed by atoms with Gasteiger partial charge in [0.25, 0.3) is 5.56 Å². The summed E-state index contributed by atoms with van der Waals surface area (Å²) in [6.45, 7) is 1.35. The molecule has 0 saturated heterocycles. The summed E-state index contributed by atoms with van der Waals surface area (Å²) in [5.74, 6) is -0.694. The molecule has 144 valence electrons. The molecule has 0 aliphatic heterocycles. The van der Waals surface area contributed by atoms with E-state index in [4.69, 9.17) is 4.74 Å². The fourth-order valence-corrected chi connectivity index (χ4v) is 4.56. The zero-order valence-electron chi connectivity index (χ0n) is 15.4. The van der Waals surface area contributed by atoms with Crippen molar-refractivity contribution in [2.45, 2.75) is 39.2 Å². The first-order chi connectivity index (χ1) is 13.5. The van der Waals surface area contributed by atoms with Crippen molar-refractivity contribution >= 4 is 33.9 Å². The zero-order chi connectivity index (χ0) is 19.7. The zero-order valence-corrected chi connectivity index (χ0v) is 16.2. The van der Waals surface area contributed by atoms with Gasteiger partial charge in [0.1, 0.15) is 6.61 Å². The van der Waals surface area contributed by atoms with Crippen molar-refractivity contribution in [1.29, 1.82) is 0 Å². The predicted octanol–water partition coefficient (Wildman–Crippen LogP) is 2.95. The van der Waals surface area contributed by atoms with Gasteiger partial charge in [-0.2, -0.15) is 0 Å². The van der Waals surface area contributed by atoms with Crippen LogP contribution in [0.5, 0.6) is 0 Å². The van der Waals surface area contributed by atoms with Gasteiger partial charge in [-0.3, -0.25) is 14.0 Å². The van der Waals surface area contributed by atoms with Crippen molar-refractivity contribution in [3.8, 4) is 0 Å². The van der Waals surface area contributed by atoms with Crippen LogP contribution in [-0.2, 0) is 29.0 Å². The van der Waals surface area contributed by atoms with Crippen molar-refractivity contribution in [2.24, 2.45) is 0 Å². The molecule has 0 saturated carbocycles. The van der Waals surface area contributed by atoms with E-state index in [1.54, 1.807) is 40.0 Å². The topological polar surface area (TPSA) is 89.8 Å². The first-order valence-corrected chi connectivity index (χ1v) is 9.91. The number of thiazole rings is 1. The van der Waals surface area contributed by atoms with Gasteiger partial charge >= 0.3 is 5.97 Å². The minimum atomic E-state index is -0.512. The second kappa shape index (κ2) is 7.55. The Morgan fingerprint density at radius 1 is 1.21 bits per heavy atom. The molecule has 28 heavy (non-hydrogen) atoms. The van der Waals surface area contributed by atoms with Crippen molar-refractivity contribution in [2.75, 3.05) is 5.32 Å². The van der Waals surface area contributed by atoms with Crippen LogP contribution in [-0.4, -0.2) is 21.3 Å². The molecule has 0 unspecified atom stereocenters. The summed E-state index contributed by atoms with van der Waals surface area (Å²) in [7, 11) is 0. The third kappa shape index (κ3) is 3.68. The summed E-state index contributed by atoms with van der Waals surface area (Å²) in [5, 5.41) is 2.64. The van der Waals surface area contributed by atoms with Gasteiger partial charge in [-0.15, -0.1) is 11.3 Å². The number of esters is 1. The van der Waals surface area contributed by atoms with Crippen LogP contribution in [0.3, 0.4) is 0 Å². The van der Waals surface area contributed by atoms with Crippen molar-refractivity contribution in [1.82, 2.24) is 9.38 Å². The Hall–Kier alpha value is -3.00. The van der Waals surface area contributed by atoms with Crippen molar-refractivity contribution in [3.05, 3.63) is 62.5 Å². The molecule has 1 aliphatic rings. The number of fused-ring (bicyclic) bond motifs is 3. The molecule has 3 aromatic rings. The Bertz CT molecular complexity index is 1110. The Labute approximate surface area is 165 Å². The van der Waals surface area contributed by atoms with Gasteiger partial charge in [0, 0.05) is 29.2 Å². The quantitative estimate of drug-likeness (QED) is 0.684. The smallest absolute Gasteiger partial charge is 0.338 e. The highest BCUT2D eigenvalue weighted by atomic mass is 32.1. The number of hydrogen-bond acceptors (Lipinski definition) is 6. The second-order valence-electron chi connectivity index (χ2n) is 6.72. The number of nitrogens with one attached hydrogen (secondary N) is 1. The van der Waals surface area contributed by atoms with Crippen LogP contribution in [0.2, 0.25) is 0 Å². The highest BCUT2D eigenvalue weighted by Gasteiger charge is 2.19. The summed E-state index contributed by atoms with van der Waals surface area (Å²) in [6.07, 6.45) is 4.12. The molecule has 8 heteroatoms. The van der Waals surface area contributed by atoms with E-state index in [9.17, 15) is 14.4 Å². The van der Waals surface area contributed by atoms with Crippen LogP contribution < -0.4 is 10.9 Å². The third-order valence-corrected chi connectivity index (χ3v) is 5.75. The maximum atomic E-state index is 12.5. The maximum Gasteiger partial charge on any atom is 0.338 e. The first-order valence-electron chi connectivity index (χ1n) is 9.09. The Balaban J connectivity index is 1.48. The van der Waals surface area contributed by atoms with E-state index in [-0.39, 0.29) is 18.1 Å². The lowest BCUT2D eigenvalue weighted by Gasteiger charge is -2.10. The van der Waals surface area contributed by atoms with Gasteiger partial charge in [0.15, 0.2) is 4.96 Å². The van der Waals surface area contributed by atoms with Crippen LogP contribution in [0.4, 0.5) is 5.69 Å². The van der Waals surface area contributed by atoms with E-state index in [2.05, 4.69) is 10.3 Å². The number of aryl methyl sites for hydroxylation is 2. The van der Waals surface area contributed by atoms with Gasteiger partial charge in [0.2, 0.25) is 5.91 Å². The highest BCUT2D eigenvalue weighted by molar-refractivity contribution is 7.17. The number of ether oxygens (including phenoxy) is 1. The molecule has 1 amide bonds. The lowest BCUT2D eigenvalue weighted by atomic mass is 10.0. The number of anilines is 1. The molecule has 2 heterocycles. The number of amides is 1. The molecule has 1 aromatic carbocycles. The standard InChI is InChI=1S/C20H19N3O4S/c1-12(24)21-14-8-6-13(7-9-14)19(26)27-11-15-10-18(25)23-16-4-2-3-5-17(16)28-20(23)22-15/h6-10H,2-5,11H2,1H3,(H,21,24). The molecule has 7 nitrogen and oxygen atoms in total. The van der Waals surface area contributed by atoms with E-state index in [1.165, 1.54) is 17.9 Å². The van der Waals surface area contributed by atoms with Crippen LogP contribution in [0.1, 0.15) is 46.4 Å². The van der Waals surface area contributed by atoms with E-state index in [0.29, 0.717) is 21.9 Å². The molecule has 2 aromatic heterocycles. The van der Waals surface area contributed by atoms with Gasteiger partial charge in [-0.05, 0) is 49.9 Å². The largest absolute Gasteiger partial charge is 0.456 e. The fourth-order valence-electron chi connectivity index (χ4n) is 3.33. The van der Waals surface area contributed by atoms with Crippen molar-refractivity contribution in [3.63, 3.8) is 0 Å². The first kappa shape index (κ1) is 18.4. The molecular formula is C20H19N3O4S. The average Bonchev–Trinajstić information content (AvgIpc) is 3.05. The van der Waals surface area contributed by atoms with E-state index in [1.807, 2.05) is 0 Å². The molecule has 4 rings (SSSR count). The number of rotatable bonds is 4. The molecular weight excluding hydrogens is 378 g/mol. The Morgan fingerprint density at radius 2 is 1.96 bits per heavy atom. The molecule has 1 N–H and O–H groups in total. The molecule has 0 radical (unpaired) electrons. The summed E-state index contributed by atoms with van der Waals surface area (Å²) in [4.78, 5) is 42.2. The molecule has 0 atom stereocenters. The lowest BCUT2D eigenvalue weighted by molar-refractivity contribution is -0.114. The van der Waals surface area contributed by atoms with E-state index >= 15 is 0 Å². The molecule has 0 spiro atoms. The molecule has 1 aliphatic carbocycles. The lowest BCUT2D eigenvalue weighted by Crippen LogP contribution is -2.18. The van der Waals surface area contributed by atoms with Crippen LogP contribution in [0.25, 0.3) is 4.96 Å². The normalized spacial score (nSPS) is 13.2. The fraction of sp³-hybridized carbons (Fsp3) is 0.300. The summed E-state index contributed by atoms with van der Waals surface area (Å²) in [6, 6.07) is 7.84. The highest BCUT2D eigenvalue weighted by Crippen LogP contribution is 2.28.